The number of hydrogen-bond acceptors (Lipinski definition) is 6. The Kier molecular flexibility index (Phi) is 9.53. The molecule has 210 valence electrons. The number of ether oxygens (including phenoxy) is 1. The first-order valence-electron chi connectivity index (χ1n) is 14.9. The van der Waals surface area contributed by atoms with E-state index in [4.69, 9.17) is 9.72 Å². The van der Waals surface area contributed by atoms with E-state index in [2.05, 4.69) is 21.2 Å². The number of nitrogens with one attached hydrogen (secondary N) is 1. The predicted octanol–water partition coefficient (Wildman–Crippen LogP) is 5.05. The number of aliphatic hydroxyl groups is 1. The van der Waals surface area contributed by atoms with E-state index in [0.717, 1.165) is 93.9 Å². The number of para-hydroxylation sites is 1. The van der Waals surface area contributed by atoms with Gasteiger partial charge in [0, 0.05) is 44.4 Å². The molecule has 1 amide bonds. The van der Waals surface area contributed by atoms with E-state index >= 15 is 0 Å². The van der Waals surface area contributed by atoms with E-state index in [1.165, 1.54) is 18.4 Å². The second-order valence-corrected chi connectivity index (χ2v) is 11.3. The van der Waals surface area contributed by atoms with Crippen molar-refractivity contribution in [2.24, 2.45) is 5.92 Å². The molecule has 1 unspecified atom stereocenters. The Labute approximate surface area is 233 Å². The molecule has 0 bridgehead atoms. The molecular formula is C32H44N4O3. The van der Waals surface area contributed by atoms with Crippen LogP contribution in [0.25, 0.3) is 11.3 Å². The fraction of sp³-hybridized carbons (Fsp3) is 0.562. The molecule has 0 saturated carbocycles. The summed E-state index contributed by atoms with van der Waals surface area (Å²) < 4.78 is 5.61. The number of allylic oxidation sites excluding steroid dienone is 1. The van der Waals surface area contributed by atoms with Gasteiger partial charge in [-0.2, -0.15) is 0 Å². The molecule has 2 aliphatic heterocycles. The molecule has 0 spiro atoms. The largest absolute Gasteiger partial charge is 0.496 e. The van der Waals surface area contributed by atoms with Gasteiger partial charge in [0.1, 0.15) is 11.6 Å². The maximum absolute atomic E-state index is 13.4. The number of nitrogens with zero attached hydrogens (tertiary/aromatic N) is 3. The van der Waals surface area contributed by atoms with Gasteiger partial charge in [-0.25, -0.2) is 4.98 Å². The van der Waals surface area contributed by atoms with Crippen molar-refractivity contribution >= 4 is 11.7 Å². The van der Waals surface area contributed by atoms with Crippen LogP contribution in [0.4, 0.5) is 5.82 Å². The molecule has 2 N–H and O–H groups in total. The number of carbonyl (C=O) groups is 1. The zero-order valence-electron chi connectivity index (χ0n) is 23.4. The Morgan fingerprint density at radius 2 is 1.92 bits per heavy atom. The van der Waals surface area contributed by atoms with Crippen LogP contribution in [0.15, 0.2) is 48.0 Å². The van der Waals surface area contributed by atoms with Crippen molar-refractivity contribution in [3.05, 3.63) is 53.6 Å². The number of piperidine rings is 2. The lowest BCUT2D eigenvalue weighted by molar-refractivity contribution is 0.0777. The molecule has 0 radical (unpaired) electrons. The van der Waals surface area contributed by atoms with Crippen molar-refractivity contribution in [2.75, 3.05) is 51.3 Å². The first-order valence-corrected chi connectivity index (χ1v) is 14.9. The highest BCUT2D eigenvalue weighted by atomic mass is 16.5. The smallest absolute Gasteiger partial charge is 0.255 e. The van der Waals surface area contributed by atoms with Gasteiger partial charge in [0.05, 0.1) is 18.4 Å². The van der Waals surface area contributed by atoms with Gasteiger partial charge in [-0.15, -0.1) is 0 Å². The van der Waals surface area contributed by atoms with Gasteiger partial charge >= 0.3 is 0 Å². The van der Waals surface area contributed by atoms with Crippen molar-refractivity contribution < 1.29 is 14.6 Å². The predicted molar refractivity (Wildman–Crippen MR) is 156 cm³/mol. The van der Waals surface area contributed by atoms with Crippen LogP contribution >= 0.6 is 0 Å². The molecule has 7 heteroatoms. The molecule has 5 rings (SSSR count). The summed E-state index contributed by atoms with van der Waals surface area (Å²) >= 11 is 0. The Bertz CT molecular complexity index is 1140. The molecular weight excluding hydrogens is 488 g/mol. The van der Waals surface area contributed by atoms with Crippen LogP contribution in [0.5, 0.6) is 5.75 Å². The molecule has 39 heavy (non-hydrogen) atoms. The second kappa shape index (κ2) is 13.4. The average Bonchev–Trinajstić information content (AvgIpc) is 3.01. The summed E-state index contributed by atoms with van der Waals surface area (Å²) in [5.74, 6) is 1.88. The van der Waals surface area contributed by atoms with Crippen LogP contribution in [0.2, 0.25) is 0 Å². The van der Waals surface area contributed by atoms with Crippen LogP contribution in [0.1, 0.15) is 68.1 Å². The molecule has 1 atom stereocenters. The van der Waals surface area contributed by atoms with E-state index in [1.54, 1.807) is 7.11 Å². The zero-order chi connectivity index (χ0) is 27.0. The molecule has 1 aromatic carbocycles. The first-order chi connectivity index (χ1) is 19.2. The number of rotatable bonds is 9. The van der Waals surface area contributed by atoms with Gasteiger partial charge in [-0.05, 0) is 94.5 Å². The lowest BCUT2D eigenvalue weighted by Gasteiger charge is -2.42. The zero-order valence-corrected chi connectivity index (χ0v) is 23.4. The highest BCUT2D eigenvalue weighted by Crippen LogP contribution is 2.33. The molecule has 2 saturated heterocycles. The average molecular weight is 533 g/mol. The van der Waals surface area contributed by atoms with E-state index < -0.39 is 0 Å². The Hall–Kier alpha value is -2.90. The maximum atomic E-state index is 13.4. The molecule has 1 aliphatic carbocycles. The monoisotopic (exact) mass is 532 g/mol. The number of carbonyl (C=O) groups excluding carboxylic acids is 1. The van der Waals surface area contributed by atoms with Crippen LogP contribution in [-0.4, -0.2) is 73.4 Å². The fourth-order valence-electron chi connectivity index (χ4n) is 6.46. The topological polar surface area (TPSA) is 77.9 Å². The summed E-state index contributed by atoms with van der Waals surface area (Å²) in [4.78, 5) is 23.4. The van der Waals surface area contributed by atoms with Gasteiger partial charge in [0.15, 0.2) is 0 Å². The lowest BCUT2D eigenvalue weighted by Crippen LogP contribution is -2.49. The first kappa shape index (κ1) is 27.7. The summed E-state index contributed by atoms with van der Waals surface area (Å²) in [7, 11) is 1.68. The molecule has 1 aromatic heterocycles. The van der Waals surface area contributed by atoms with Crippen LogP contribution in [0, 0.1) is 5.92 Å². The third kappa shape index (κ3) is 6.82. The molecule has 2 aromatic rings. The quantitative estimate of drug-likeness (QED) is 0.440. The SMILES string of the molecule is COc1ccccc1-c1ccc(C(=O)NCCC2=CCCCC2)c(N2CCC(N3CCCC(CO)C3)CC2)n1. The van der Waals surface area contributed by atoms with Gasteiger partial charge in [-0.3, -0.25) is 9.69 Å². The Balaban J connectivity index is 1.33. The van der Waals surface area contributed by atoms with Gasteiger partial charge in [0.2, 0.25) is 0 Å². The maximum Gasteiger partial charge on any atom is 0.255 e. The standard InChI is InChI=1S/C32H44N4O3/c1-39-30-12-6-5-11-27(30)29-14-13-28(32(38)33-18-15-24-8-3-2-4-9-24)31(34-29)35-20-16-26(17-21-35)36-19-7-10-25(22-36)23-37/h5-6,8,11-14,25-26,37H,2-4,7,9-10,15-23H2,1H3,(H,33,38). The molecule has 3 aliphatic rings. The van der Waals surface area contributed by atoms with Crippen LogP contribution in [-0.2, 0) is 0 Å². The number of aliphatic hydroxyl groups excluding tert-OH is 1. The minimum atomic E-state index is -0.0515. The van der Waals surface area contributed by atoms with Crippen molar-refractivity contribution in [1.29, 1.82) is 0 Å². The van der Waals surface area contributed by atoms with Crippen molar-refractivity contribution in [3.63, 3.8) is 0 Å². The summed E-state index contributed by atoms with van der Waals surface area (Å²) in [6.07, 6.45) is 12.5. The van der Waals surface area contributed by atoms with Crippen molar-refractivity contribution in [2.45, 2.75) is 63.8 Å². The summed E-state index contributed by atoms with van der Waals surface area (Å²) in [5, 5.41) is 12.9. The summed E-state index contributed by atoms with van der Waals surface area (Å²) in [6, 6.07) is 12.3. The summed E-state index contributed by atoms with van der Waals surface area (Å²) in [5.41, 5.74) is 3.85. The number of aromatic nitrogens is 1. The number of methoxy groups -OCH3 is 1. The molecule has 2 fully saturated rings. The van der Waals surface area contributed by atoms with Crippen LogP contribution in [0.3, 0.4) is 0 Å². The van der Waals surface area contributed by atoms with Gasteiger partial charge < -0.3 is 20.1 Å². The minimum Gasteiger partial charge on any atom is -0.496 e. The lowest BCUT2D eigenvalue weighted by atomic mass is 9.94. The van der Waals surface area contributed by atoms with Gasteiger partial charge in [0.25, 0.3) is 5.91 Å². The van der Waals surface area contributed by atoms with Crippen molar-refractivity contribution in [1.82, 2.24) is 15.2 Å². The number of benzene rings is 1. The number of pyridine rings is 1. The number of likely N-dealkylation sites (tertiary alicyclic amines) is 1. The normalized spacial score (nSPS) is 20.9. The third-order valence-corrected chi connectivity index (χ3v) is 8.71. The van der Waals surface area contributed by atoms with E-state index in [1.807, 2.05) is 36.4 Å². The molecule has 3 heterocycles. The number of hydrogen-bond donors (Lipinski definition) is 2. The third-order valence-electron chi connectivity index (χ3n) is 8.71. The van der Waals surface area contributed by atoms with E-state index in [-0.39, 0.29) is 12.5 Å². The van der Waals surface area contributed by atoms with Crippen molar-refractivity contribution in [3.8, 4) is 17.0 Å². The van der Waals surface area contributed by atoms with Gasteiger partial charge in [-0.1, -0.05) is 23.8 Å². The number of anilines is 1. The minimum absolute atomic E-state index is 0.0515. The Morgan fingerprint density at radius 1 is 1.08 bits per heavy atom. The Morgan fingerprint density at radius 3 is 2.69 bits per heavy atom. The van der Waals surface area contributed by atoms with E-state index in [0.29, 0.717) is 24.1 Å². The summed E-state index contributed by atoms with van der Waals surface area (Å²) in [6.45, 7) is 4.77. The van der Waals surface area contributed by atoms with E-state index in [9.17, 15) is 9.90 Å². The number of amides is 1. The molecule has 7 nitrogen and oxygen atoms in total. The van der Waals surface area contributed by atoms with Crippen LogP contribution < -0.4 is 15.0 Å². The second-order valence-electron chi connectivity index (χ2n) is 11.3. The fourth-order valence-corrected chi connectivity index (χ4v) is 6.46. The highest BCUT2D eigenvalue weighted by molar-refractivity contribution is 5.99. The highest BCUT2D eigenvalue weighted by Gasteiger charge is 2.30.